The molecular formula is C36H27Br2NO. The average molecular weight is 649 g/mol. The third-order valence-corrected chi connectivity index (χ3v) is 8.60. The highest BCUT2D eigenvalue weighted by Gasteiger charge is 2.16. The summed E-state index contributed by atoms with van der Waals surface area (Å²) in [5.41, 5.74) is 5.60. The van der Waals surface area contributed by atoms with Gasteiger partial charge in [-0.1, -0.05) is 98.6 Å². The third kappa shape index (κ3) is 5.30. The highest BCUT2D eigenvalue weighted by atomic mass is 79.9. The van der Waals surface area contributed by atoms with Crippen LogP contribution in [0.4, 0.5) is 0 Å². The topological polar surface area (TPSA) is 33.0 Å². The van der Waals surface area contributed by atoms with Gasteiger partial charge in [0.05, 0.1) is 24.3 Å². The van der Waals surface area contributed by atoms with Crippen molar-refractivity contribution in [3.05, 3.63) is 140 Å². The van der Waals surface area contributed by atoms with Gasteiger partial charge in [-0.2, -0.15) is 5.26 Å². The number of benzene rings is 6. The van der Waals surface area contributed by atoms with Crippen LogP contribution in [-0.2, 0) is 24.2 Å². The number of hydrogen-bond acceptors (Lipinski definition) is 2. The lowest BCUT2D eigenvalue weighted by Gasteiger charge is -2.20. The molecule has 196 valence electrons. The quantitative estimate of drug-likeness (QED) is 0.115. The molecule has 0 spiro atoms. The Morgan fingerprint density at radius 3 is 1.98 bits per heavy atom. The lowest BCUT2D eigenvalue weighted by atomic mass is 9.89. The first kappa shape index (κ1) is 26.7. The van der Waals surface area contributed by atoms with Gasteiger partial charge in [-0.25, -0.2) is 0 Å². The van der Waals surface area contributed by atoms with Gasteiger partial charge >= 0.3 is 0 Å². The molecule has 1 atom stereocenters. The Hall–Kier alpha value is -3.49. The predicted molar refractivity (Wildman–Crippen MR) is 173 cm³/mol. The van der Waals surface area contributed by atoms with Crippen molar-refractivity contribution < 1.29 is 4.74 Å². The summed E-state index contributed by atoms with van der Waals surface area (Å²) in [6.07, 6.45) is 4.45. The molecule has 0 aliphatic rings. The smallest absolute Gasteiger partial charge is 0.0991 e. The Morgan fingerprint density at radius 2 is 1.35 bits per heavy atom. The minimum absolute atomic E-state index is 0.0846. The van der Waals surface area contributed by atoms with Crippen LogP contribution in [-0.4, -0.2) is 0 Å². The lowest BCUT2D eigenvalue weighted by Crippen LogP contribution is -2.05. The third-order valence-electron chi connectivity index (χ3n) is 7.69. The predicted octanol–water partition coefficient (Wildman–Crippen LogP) is 10.6. The van der Waals surface area contributed by atoms with E-state index in [0.29, 0.717) is 12.2 Å². The second kappa shape index (κ2) is 11.6. The maximum Gasteiger partial charge on any atom is 0.0991 e. The van der Waals surface area contributed by atoms with E-state index in [4.69, 9.17) is 10.00 Å². The second-order valence-electron chi connectivity index (χ2n) is 10.2. The van der Waals surface area contributed by atoms with Crippen LogP contribution in [0.3, 0.4) is 0 Å². The van der Waals surface area contributed by atoms with Crippen molar-refractivity contribution >= 4 is 64.2 Å². The number of ether oxygens (including phenoxy) is 1. The Bertz CT molecular complexity index is 1860. The molecule has 0 bridgehead atoms. The largest absolute Gasteiger partial charge is 0.369 e. The van der Waals surface area contributed by atoms with Crippen LogP contribution in [0.25, 0.3) is 32.3 Å². The van der Waals surface area contributed by atoms with Crippen LogP contribution < -0.4 is 0 Å². The summed E-state index contributed by atoms with van der Waals surface area (Å²) in [5, 5.41) is 16.8. The molecule has 6 rings (SSSR count). The van der Waals surface area contributed by atoms with E-state index >= 15 is 0 Å². The Balaban J connectivity index is 1.34. The van der Waals surface area contributed by atoms with Gasteiger partial charge in [-0.15, -0.1) is 6.58 Å². The Labute approximate surface area is 251 Å². The fraction of sp³-hybridized carbons (Fsp3) is 0.139. The van der Waals surface area contributed by atoms with Gasteiger partial charge in [0.25, 0.3) is 0 Å². The summed E-state index contributed by atoms with van der Waals surface area (Å²) in [6, 6.07) is 34.4. The average Bonchev–Trinajstić information content (AvgIpc) is 2.97. The zero-order valence-corrected chi connectivity index (χ0v) is 25.1. The summed E-state index contributed by atoms with van der Waals surface area (Å²) >= 11 is 7.22. The molecule has 0 aliphatic heterocycles. The van der Waals surface area contributed by atoms with E-state index in [0.717, 1.165) is 33.8 Å². The van der Waals surface area contributed by atoms with E-state index in [1.807, 2.05) is 24.3 Å². The number of rotatable bonds is 9. The molecule has 0 amide bonds. The number of aryl methyl sites for hydroxylation is 2. The van der Waals surface area contributed by atoms with Crippen LogP contribution in [0.2, 0.25) is 0 Å². The van der Waals surface area contributed by atoms with E-state index in [-0.39, 0.29) is 6.10 Å². The maximum atomic E-state index is 9.10. The molecule has 0 saturated heterocycles. The molecule has 6 aromatic rings. The summed E-state index contributed by atoms with van der Waals surface area (Å²) in [4.78, 5) is 0. The SMILES string of the molecule is C=CCC(OCc1ccc2ccc3c(CCc4ccc(C#N)cc4)ccc4ccc1c2c43)c1cc(Br)cc(Br)c1. The molecular weight excluding hydrogens is 622 g/mol. The zero-order valence-electron chi connectivity index (χ0n) is 22.0. The number of nitrogens with zero attached hydrogens (tertiary/aromatic N) is 1. The van der Waals surface area contributed by atoms with Crippen LogP contribution in [0.1, 0.15) is 40.3 Å². The molecule has 0 aliphatic carbocycles. The van der Waals surface area contributed by atoms with Crippen molar-refractivity contribution in [2.24, 2.45) is 0 Å². The van der Waals surface area contributed by atoms with Gasteiger partial charge in [-0.3, -0.25) is 0 Å². The van der Waals surface area contributed by atoms with Gasteiger partial charge in [0.15, 0.2) is 0 Å². The molecule has 0 aromatic heterocycles. The summed E-state index contributed by atoms with van der Waals surface area (Å²) in [5.74, 6) is 0. The normalized spacial score (nSPS) is 12.2. The van der Waals surface area contributed by atoms with Gasteiger partial charge in [0.2, 0.25) is 0 Å². The molecule has 0 fully saturated rings. The highest BCUT2D eigenvalue weighted by molar-refractivity contribution is 9.11. The van der Waals surface area contributed by atoms with Gasteiger partial charge < -0.3 is 4.74 Å². The summed E-state index contributed by atoms with van der Waals surface area (Å²) < 4.78 is 8.59. The van der Waals surface area contributed by atoms with E-state index in [9.17, 15) is 0 Å². The van der Waals surface area contributed by atoms with E-state index in [1.165, 1.54) is 49.0 Å². The minimum Gasteiger partial charge on any atom is -0.369 e. The van der Waals surface area contributed by atoms with Crippen molar-refractivity contribution in [3.8, 4) is 6.07 Å². The minimum atomic E-state index is -0.0846. The molecule has 40 heavy (non-hydrogen) atoms. The molecule has 2 nitrogen and oxygen atoms in total. The van der Waals surface area contributed by atoms with Crippen LogP contribution >= 0.6 is 31.9 Å². The van der Waals surface area contributed by atoms with E-state index < -0.39 is 0 Å². The first-order valence-corrected chi connectivity index (χ1v) is 15.0. The number of halogens is 2. The molecule has 4 heteroatoms. The molecule has 0 heterocycles. The summed E-state index contributed by atoms with van der Waals surface area (Å²) in [7, 11) is 0. The second-order valence-corrected chi connectivity index (χ2v) is 12.0. The Kier molecular flexibility index (Phi) is 7.71. The molecule has 0 radical (unpaired) electrons. The first-order valence-electron chi connectivity index (χ1n) is 13.4. The van der Waals surface area contributed by atoms with Crippen LogP contribution in [0.5, 0.6) is 0 Å². The molecule has 0 saturated carbocycles. The van der Waals surface area contributed by atoms with Crippen molar-refractivity contribution in [3.63, 3.8) is 0 Å². The summed E-state index contributed by atoms with van der Waals surface area (Å²) in [6.45, 7) is 4.48. The van der Waals surface area contributed by atoms with Gasteiger partial charge in [0.1, 0.15) is 0 Å². The van der Waals surface area contributed by atoms with Gasteiger partial charge in [0, 0.05) is 8.95 Å². The number of hydrogen-bond donors (Lipinski definition) is 0. The fourth-order valence-corrected chi connectivity index (χ4v) is 7.02. The van der Waals surface area contributed by atoms with Crippen molar-refractivity contribution in [1.82, 2.24) is 0 Å². The molecule has 1 unspecified atom stereocenters. The van der Waals surface area contributed by atoms with E-state index in [1.54, 1.807) is 0 Å². The van der Waals surface area contributed by atoms with Crippen molar-refractivity contribution in [1.29, 1.82) is 5.26 Å². The zero-order chi connectivity index (χ0) is 27.6. The number of nitriles is 1. The standard InChI is InChI=1S/C36H27Br2NO/c1-2-3-34(29-18-30(37)20-31(38)19-29)40-22-28-13-12-27-14-16-32-25(9-8-23-4-6-24(21-39)7-5-23)10-11-26-15-17-33(28)36(27)35(26)32/h2,4-7,10-20,34H,1,3,8-9,22H2. The van der Waals surface area contributed by atoms with Crippen molar-refractivity contribution in [2.75, 3.05) is 0 Å². The van der Waals surface area contributed by atoms with Crippen molar-refractivity contribution in [2.45, 2.75) is 32.0 Å². The molecule has 6 aromatic carbocycles. The first-order chi connectivity index (χ1) is 19.5. The highest BCUT2D eigenvalue weighted by Crippen LogP contribution is 2.38. The lowest BCUT2D eigenvalue weighted by molar-refractivity contribution is 0.0423. The fourth-order valence-electron chi connectivity index (χ4n) is 5.69. The van der Waals surface area contributed by atoms with Crippen LogP contribution in [0, 0.1) is 11.3 Å². The van der Waals surface area contributed by atoms with E-state index in [2.05, 4.69) is 117 Å². The monoisotopic (exact) mass is 647 g/mol. The van der Waals surface area contributed by atoms with Gasteiger partial charge in [-0.05, 0) is 104 Å². The van der Waals surface area contributed by atoms with Crippen LogP contribution in [0.15, 0.2) is 113 Å². The molecule has 0 N–H and O–H groups in total. The maximum absolute atomic E-state index is 9.10. The Morgan fingerprint density at radius 1 is 0.750 bits per heavy atom.